The summed E-state index contributed by atoms with van der Waals surface area (Å²) in [5, 5.41) is 0. The highest BCUT2D eigenvalue weighted by Crippen LogP contribution is 2.22. The molecule has 1 amide bonds. The highest BCUT2D eigenvalue weighted by molar-refractivity contribution is 7.89. The first-order valence-electron chi connectivity index (χ1n) is 10.8. The molecule has 0 bridgehead atoms. The molecule has 0 aromatic heterocycles. The third-order valence-electron chi connectivity index (χ3n) is 5.63. The van der Waals surface area contributed by atoms with Crippen LogP contribution >= 0.6 is 0 Å². The van der Waals surface area contributed by atoms with E-state index in [2.05, 4.69) is 0 Å². The topological polar surface area (TPSA) is 93.2 Å². The first kappa shape index (κ1) is 24.7. The summed E-state index contributed by atoms with van der Waals surface area (Å²) in [6, 6.07) is 12.6. The third kappa shape index (κ3) is 6.33. The first-order valence-corrected chi connectivity index (χ1v) is 12.3. The van der Waals surface area contributed by atoms with Gasteiger partial charge in [-0.1, -0.05) is 24.3 Å². The summed E-state index contributed by atoms with van der Waals surface area (Å²) in [6.07, 6.45) is 0.00445. The van der Waals surface area contributed by atoms with Crippen LogP contribution in [0.3, 0.4) is 0 Å². The fraction of sp³-hybridized carbons (Fsp3) is 0.417. The smallest absolute Gasteiger partial charge is 0.306 e. The Morgan fingerprint density at radius 1 is 0.970 bits per heavy atom. The van der Waals surface area contributed by atoms with E-state index in [4.69, 9.17) is 9.47 Å². The summed E-state index contributed by atoms with van der Waals surface area (Å²) in [5.41, 5.74) is 2.38. The van der Waals surface area contributed by atoms with E-state index in [9.17, 15) is 18.0 Å². The number of amides is 1. The SMILES string of the molecule is COc1cccc(COC(=O)CCC(=O)N2CCN(S(=O)(=O)c3cc(C)ccc3C)CC2)c1. The molecular formula is C24H30N2O6S. The Balaban J connectivity index is 1.46. The van der Waals surface area contributed by atoms with Crippen molar-refractivity contribution in [3.63, 3.8) is 0 Å². The van der Waals surface area contributed by atoms with Crippen molar-refractivity contribution in [1.82, 2.24) is 9.21 Å². The molecule has 0 saturated carbocycles. The summed E-state index contributed by atoms with van der Waals surface area (Å²) in [5.74, 6) is 0.0388. The Morgan fingerprint density at radius 2 is 1.70 bits per heavy atom. The molecule has 0 spiro atoms. The lowest BCUT2D eigenvalue weighted by Crippen LogP contribution is -2.50. The molecule has 1 saturated heterocycles. The maximum Gasteiger partial charge on any atom is 0.306 e. The number of methoxy groups -OCH3 is 1. The highest BCUT2D eigenvalue weighted by atomic mass is 32.2. The second-order valence-corrected chi connectivity index (χ2v) is 9.97. The monoisotopic (exact) mass is 474 g/mol. The predicted octanol–water partition coefficient (Wildman–Crippen LogP) is 2.67. The zero-order valence-electron chi connectivity index (χ0n) is 19.2. The Labute approximate surface area is 195 Å². The number of rotatable bonds is 8. The van der Waals surface area contributed by atoms with E-state index in [-0.39, 0.29) is 38.4 Å². The van der Waals surface area contributed by atoms with Gasteiger partial charge in [0.25, 0.3) is 0 Å². The fourth-order valence-corrected chi connectivity index (χ4v) is 5.40. The minimum atomic E-state index is -3.62. The normalized spacial score (nSPS) is 14.7. The molecule has 178 valence electrons. The predicted molar refractivity (Wildman–Crippen MR) is 123 cm³/mol. The lowest BCUT2D eigenvalue weighted by Gasteiger charge is -2.34. The van der Waals surface area contributed by atoms with Crippen LogP contribution in [-0.2, 0) is 31.0 Å². The van der Waals surface area contributed by atoms with Crippen LogP contribution in [0.4, 0.5) is 0 Å². The quantitative estimate of drug-likeness (QED) is 0.546. The maximum absolute atomic E-state index is 13.0. The third-order valence-corrected chi connectivity index (χ3v) is 7.67. The van der Waals surface area contributed by atoms with Gasteiger partial charge < -0.3 is 14.4 Å². The molecule has 0 N–H and O–H groups in total. The molecule has 1 aliphatic rings. The molecule has 1 fully saturated rings. The summed E-state index contributed by atoms with van der Waals surface area (Å²) in [6.45, 7) is 4.78. The van der Waals surface area contributed by atoms with Crippen molar-refractivity contribution in [2.75, 3.05) is 33.3 Å². The van der Waals surface area contributed by atoms with Gasteiger partial charge in [0.2, 0.25) is 15.9 Å². The van der Waals surface area contributed by atoms with Gasteiger partial charge in [-0.25, -0.2) is 8.42 Å². The summed E-state index contributed by atoms with van der Waals surface area (Å²) in [7, 11) is -2.05. The Kier molecular flexibility index (Phi) is 8.10. The minimum Gasteiger partial charge on any atom is -0.497 e. The number of nitrogens with zero attached hydrogens (tertiary/aromatic N) is 2. The van der Waals surface area contributed by atoms with Crippen LogP contribution in [0.25, 0.3) is 0 Å². The lowest BCUT2D eigenvalue weighted by molar-refractivity contribution is -0.147. The van der Waals surface area contributed by atoms with Gasteiger partial charge in [-0.3, -0.25) is 9.59 Å². The van der Waals surface area contributed by atoms with Gasteiger partial charge in [-0.05, 0) is 48.7 Å². The van der Waals surface area contributed by atoms with Gasteiger partial charge in [-0.2, -0.15) is 4.31 Å². The highest BCUT2D eigenvalue weighted by Gasteiger charge is 2.31. The zero-order valence-corrected chi connectivity index (χ0v) is 20.1. The molecule has 1 heterocycles. The Morgan fingerprint density at radius 3 is 2.39 bits per heavy atom. The second-order valence-electron chi connectivity index (χ2n) is 8.07. The molecule has 0 atom stereocenters. The van der Waals surface area contributed by atoms with E-state index < -0.39 is 16.0 Å². The average molecular weight is 475 g/mol. The standard InChI is InChI=1S/C24H30N2O6S/c1-18-7-8-19(2)22(15-18)33(29,30)26-13-11-25(12-14-26)23(27)9-10-24(28)32-17-20-5-4-6-21(16-20)31-3/h4-8,15-16H,9-14,17H2,1-3H3. The van der Waals surface area contributed by atoms with E-state index in [1.54, 1.807) is 43.2 Å². The summed E-state index contributed by atoms with van der Waals surface area (Å²) >= 11 is 0. The molecule has 33 heavy (non-hydrogen) atoms. The molecule has 2 aromatic carbocycles. The number of aryl methyl sites for hydroxylation is 2. The van der Waals surface area contributed by atoms with Gasteiger partial charge in [-0.15, -0.1) is 0 Å². The molecule has 0 aliphatic carbocycles. The van der Waals surface area contributed by atoms with Crippen LogP contribution in [0.15, 0.2) is 47.4 Å². The second kappa shape index (κ2) is 10.8. The number of sulfonamides is 1. The molecular weight excluding hydrogens is 444 g/mol. The van der Waals surface area contributed by atoms with Crippen molar-refractivity contribution in [2.24, 2.45) is 0 Å². The number of carbonyl (C=O) groups excluding carboxylic acids is 2. The van der Waals surface area contributed by atoms with Crippen LogP contribution in [-0.4, -0.2) is 62.8 Å². The number of hydrogen-bond acceptors (Lipinski definition) is 6. The van der Waals surface area contributed by atoms with Crippen molar-refractivity contribution < 1.29 is 27.5 Å². The van der Waals surface area contributed by atoms with E-state index in [0.29, 0.717) is 29.3 Å². The maximum atomic E-state index is 13.0. The van der Waals surface area contributed by atoms with Crippen molar-refractivity contribution in [2.45, 2.75) is 38.2 Å². The largest absolute Gasteiger partial charge is 0.497 e. The van der Waals surface area contributed by atoms with Crippen molar-refractivity contribution in [3.05, 3.63) is 59.2 Å². The Hall–Kier alpha value is -2.91. The molecule has 1 aliphatic heterocycles. The summed E-state index contributed by atoms with van der Waals surface area (Å²) < 4.78 is 37.9. The number of carbonyl (C=O) groups is 2. The van der Waals surface area contributed by atoms with Crippen molar-refractivity contribution in [1.29, 1.82) is 0 Å². The van der Waals surface area contributed by atoms with Crippen molar-refractivity contribution >= 4 is 21.9 Å². The first-order chi connectivity index (χ1) is 15.7. The van der Waals surface area contributed by atoms with Crippen LogP contribution in [0.5, 0.6) is 5.75 Å². The molecule has 8 nitrogen and oxygen atoms in total. The van der Waals surface area contributed by atoms with Crippen LogP contribution in [0, 0.1) is 13.8 Å². The molecule has 3 rings (SSSR count). The fourth-order valence-electron chi connectivity index (χ4n) is 3.67. The van der Waals surface area contributed by atoms with Crippen molar-refractivity contribution in [3.8, 4) is 5.75 Å². The number of esters is 1. The van der Waals surface area contributed by atoms with E-state index in [1.165, 1.54) is 4.31 Å². The van der Waals surface area contributed by atoms with Gasteiger partial charge >= 0.3 is 5.97 Å². The molecule has 2 aromatic rings. The molecule has 0 radical (unpaired) electrons. The van der Waals surface area contributed by atoms with Gasteiger partial charge in [0.15, 0.2) is 0 Å². The Bertz CT molecular complexity index is 1110. The average Bonchev–Trinajstić information content (AvgIpc) is 2.82. The molecule has 9 heteroatoms. The van der Waals surface area contributed by atoms with Crippen LogP contribution in [0.1, 0.15) is 29.5 Å². The number of piperazine rings is 1. The summed E-state index contributed by atoms with van der Waals surface area (Å²) in [4.78, 5) is 26.5. The van der Waals surface area contributed by atoms with Crippen LogP contribution < -0.4 is 4.74 Å². The number of benzene rings is 2. The number of hydrogen-bond donors (Lipinski definition) is 0. The van der Waals surface area contributed by atoms with Gasteiger partial charge in [0.05, 0.1) is 18.4 Å². The van der Waals surface area contributed by atoms with E-state index in [1.807, 2.05) is 25.1 Å². The van der Waals surface area contributed by atoms with Gasteiger partial charge in [0, 0.05) is 32.6 Å². The van der Waals surface area contributed by atoms with Gasteiger partial charge in [0.1, 0.15) is 12.4 Å². The number of ether oxygens (including phenoxy) is 2. The molecule has 0 unspecified atom stereocenters. The zero-order chi connectivity index (χ0) is 24.0. The lowest BCUT2D eigenvalue weighted by atomic mass is 10.2. The van der Waals surface area contributed by atoms with E-state index in [0.717, 1.165) is 11.1 Å². The van der Waals surface area contributed by atoms with Crippen LogP contribution in [0.2, 0.25) is 0 Å². The minimum absolute atomic E-state index is 0.0240. The van der Waals surface area contributed by atoms with E-state index >= 15 is 0 Å².